The van der Waals surface area contributed by atoms with Crippen LogP contribution in [0.4, 0.5) is 0 Å². The Balaban J connectivity index is 1.86. The Labute approximate surface area is 161 Å². The highest BCUT2D eigenvalue weighted by atomic mass is 79.9. The Hall–Kier alpha value is -2.34. The molecule has 0 unspecified atom stereocenters. The zero-order chi connectivity index (χ0) is 19.1. The third-order valence-corrected chi connectivity index (χ3v) is 3.85. The highest BCUT2D eigenvalue weighted by molar-refractivity contribution is 9.10. The molecule has 0 aliphatic heterocycles. The summed E-state index contributed by atoms with van der Waals surface area (Å²) in [6.07, 6.45) is 0. The molecule has 26 heavy (non-hydrogen) atoms. The summed E-state index contributed by atoms with van der Waals surface area (Å²) in [5.74, 6) is 0.307. The van der Waals surface area contributed by atoms with E-state index in [0.29, 0.717) is 23.7 Å². The molecular weight excluding hydrogens is 400 g/mol. The lowest BCUT2D eigenvalue weighted by atomic mass is 10.2. The number of ether oxygens (including phenoxy) is 3. The molecule has 6 heteroatoms. The number of hydrogen-bond acceptors (Lipinski definition) is 5. The van der Waals surface area contributed by atoms with E-state index in [1.807, 2.05) is 32.9 Å². The van der Waals surface area contributed by atoms with Gasteiger partial charge in [-0.15, -0.1) is 0 Å². The molecular formula is C20H21BrO5. The van der Waals surface area contributed by atoms with Crippen molar-refractivity contribution in [3.05, 3.63) is 58.1 Å². The molecule has 2 aromatic rings. The molecule has 0 radical (unpaired) electrons. The van der Waals surface area contributed by atoms with E-state index >= 15 is 0 Å². The van der Waals surface area contributed by atoms with Crippen LogP contribution in [0.3, 0.4) is 0 Å². The van der Waals surface area contributed by atoms with E-state index in [1.165, 1.54) is 0 Å². The van der Waals surface area contributed by atoms with Crippen LogP contribution >= 0.6 is 15.9 Å². The van der Waals surface area contributed by atoms with Gasteiger partial charge in [-0.05, 0) is 60.9 Å². The van der Waals surface area contributed by atoms with E-state index in [9.17, 15) is 9.59 Å². The second kappa shape index (κ2) is 9.38. The molecule has 0 amide bonds. The molecule has 0 aliphatic rings. The van der Waals surface area contributed by atoms with E-state index in [2.05, 4.69) is 15.9 Å². The van der Waals surface area contributed by atoms with E-state index < -0.39 is 11.9 Å². The number of benzene rings is 2. The minimum Gasteiger partial charge on any atom is -0.482 e. The van der Waals surface area contributed by atoms with Gasteiger partial charge in [-0.25, -0.2) is 9.59 Å². The molecule has 2 aromatic carbocycles. The van der Waals surface area contributed by atoms with Crippen LogP contribution in [0, 0.1) is 12.8 Å². The number of aryl methyl sites for hydroxylation is 1. The standard InChI is InChI=1S/C20H21BrO5/c1-13(2)11-25-20(23)15-4-7-17(8-5-15)26-19(22)12-24-18-9-6-16(21)10-14(18)3/h4-10,13H,11-12H2,1-3H3. The molecule has 138 valence electrons. The normalized spacial score (nSPS) is 10.5. The summed E-state index contributed by atoms with van der Waals surface area (Å²) in [7, 11) is 0. The van der Waals surface area contributed by atoms with Crippen molar-refractivity contribution in [3.8, 4) is 11.5 Å². The topological polar surface area (TPSA) is 61.8 Å². The lowest BCUT2D eigenvalue weighted by Gasteiger charge is -2.10. The SMILES string of the molecule is Cc1cc(Br)ccc1OCC(=O)Oc1ccc(C(=O)OCC(C)C)cc1. The lowest BCUT2D eigenvalue weighted by Crippen LogP contribution is -2.18. The maximum Gasteiger partial charge on any atom is 0.349 e. The van der Waals surface area contributed by atoms with Gasteiger partial charge >= 0.3 is 11.9 Å². The Morgan fingerprint density at radius 3 is 2.38 bits per heavy atom. The molecule has 0 saturated heterocycles. The zero-order valence-electron chi connectivity index (χ0n) is 15.0. The van der Waals surface area contributed by atoms with Gasteiger partial charge in [0.15, 0.2) is 6.61 Å². The summed E-state index contributed by atoms with van der Waals surface area (Å²) < 4.78 is 16.8. The van der Waals surface area contributed by atoms with Gasteiger partial charge in [0, 0.05) is 4.47 Å². The molecule has 0 fully saturated rings. The maximum absolute atomic E-state index is 11.9. The van der Waals surface area contributed by atoms with Crippen molar-refractivity contribution in [2.45, 2.75) is 20.8 Å². The predicted molar refractivity (Wildman–Crippen MR) is 102 cm³/mol. The van der Waals surface area contributed by atoms with Crippen molar-refractivity contribution in [2.75, 3.05) is 13.2 Å². The first-order valence-electron chi connectivity index (χ1n) is 8.22. The van der Waals surface area contributed by atoms with Gasteiger partial charge in [0.25, 0.3) is 0 Å². The third-order valence-electron chi connectivity index (χ3n) is 3.35. The second-order valence-corrected chi connectivity index (χ2v) is 7.10. The summed E-state index contributed by atoms with van der Waals surface area (Å²) in [5.41, 5.74) is 1.32. The minimum absolute atomic E-state index is 0.208. The fraction of sp³-hybridized carbons (Fsp3) is 0.300. The summed E-state index contributed by atoms with van der Waals surface area (Å²) in [6, 6.07) is 11.7. The van der Waals surface area contributed by atoms with Gasteiger partial charge in [-0.3, -0.25) is 0 Å². The number of rotatable bonds is 7. The Morgan fingerprint density at radius 2 is 1.77 bits per heavy atom. The number of hydrogen-bond donors (Lipinski definition) is 0. The van der Waals surface area contributed by atoms with Gasteiger partial charge in [0.1, 0.15) is 11.5 Å². The molecule has 0 aromatic heterocycles. The fourth-order valence-corrected chi connectivity index (χ4v) is 2.53. The van der Waals surface area contributed by atoms with Crippen LogP contribution in [-0.4, -0.2) is 25.2 Å². The Morgan fingerprint density at radius 1 is 1.08 bits per heavy atom. The first-order chi connectivity index (χ1) is 12.3. The summed E-state index contributed by atoms with van der Waals surface area (Å²) in [5, 5.41) is 0. The Kier molecular flexibility index (Phi) is 7.21. The van der Waals surface area contributed by atoms with E-state index in [0.717, 1.165) is 10.0 Å². The number of carbonyl (C=O) groups excluding carboxylic acids is 2. The van der Waals surface area contributed by atoms with Crippen LogP contribution in [0.25, 0.3) is 0 Å². The van der Waals surface area contributed by atoms with Crippen LogP contribution in [-0.2, 0) is 9.53 Å². The monoisotopic (exact) mass is 420 g/mol. The van der Waals surface area contributed by atoms with Crippen molar-refractivity contribution in [2.24, 2.45) is 5.92 Å². The quantitative estimate of drug-likeness (QED) is 0.485. The van der Waals surface area contributed by atoms with E-state index in [-0.39, 0.29) is 12.5 Å². The Bertz CT molecular complexity index is 768. The smallest absolute Gasteiger partial charge is 0.349 e. The van der Waals surface area contributed by atoms with Crippen molar-refractivity contribution in [3.63, 3.8) is 0 Å². The average molecular weight is 421 g/mol. The van der Waals surface area contributed by atoms with Crippen LogP contribution < -0.4 is 9.47 Å². The molecule has 0 aliphatic carbocycles. The first-order valence-corrected chi connectivity index (χ1v) is 9.01. The number of carbonyl (C=O) groups is 2. The average Bonchev–Trinajstić information content (AvgIpc) is 2.59. The molecule has 0 atom stereocenters. The summed E-state index contributed by atoms with van der Waals surface area (Å²) in [6.45, 7) is 5.98. The summed E-state index contributed by atoms with van der Waals surface area (Å²) >= 11 is 3.37. The van der Waals surface area contributed by atoms with Gasteiger partial charge in [-0.1, -0.05) is 29.8 Å². The predicted octanol–water partition coefficient (Wildman–Crippen LogP) is 4.55. The minimum atomic E-state index is -0.526. The van der Waals surface area contributed by atoms with E-state index in [1.54, 1.807) is 30.3 Å². The van der Waals surface area contributed by atoms with Gasteiger partial charge in [0.2, 0.25) is 0 Å². The lowest BCUT2D eigenvalue weighted by molar-refractivity contribution is -0.136. The second-order valence-electron chi connectivity index (χ2n) is 6.19. The molecule has 0 bridgehead atoms. The van der Waals surface area contributed by atoms with Gasteiger partial charge < -0.3 is 14.2 Å². The van der Waals surface area contributed by atoms with Crippen LogP contribution in [0.5, 0.6) is 11.5 Å². The highest BCUT2D eigenvalue weighted by Crippen LogP contribution is 2.22. The molecule has 0 saturated carbocycles. The van der Waals surface area contributed by atoms with Gasteiger partial charge in [0.05, 0.1) is 12.2 Å². The molecule has 0 N–H and O–H groups in total. The van der Waals surface area contributed by atoms with E-state index in [4.69, 9.17) is 14.2 Å². The van der Waals surface area contributed by atoms with Crippen LogP contribution in [0.2, 0.25) is 0 Å². The van der Waals surface area contributed by atoms with Gasteiger partial charge in [-0.2, -0.15) is 0 Å². The van der Waals surface area contributed by atoms with Crippen molar-refractivity contribution < 1.29 is 23.8 Å². The zero-order valence-corrected chi connectivity index (χ0v) is 16.5. The maximum atomic E-state index is 11.9. The molecule has 0 heterocycles. The third kappa shape index (κ3) is 6.19. The number of halogens is 1. The first kappa shape index (κ1) is 20.0. The molecule has 2 rings (SSSR count). The van der Waals surface area contributed by atoms with Crippen molar-refractivity contribution >= 4 is 27.9 Å². The fourth-order valence-electron chi connectivity index (χ4n) is 2.06. The van der Waals surface area contributed by atoms with Crippen molar-refractivity contribution in [1.29, 1.82) is 0 Å². The molecule has 5 nitrogen and oxygen atoms in total. The van der Waals surface area contributed by atoms with Crippen LogP contribution in [0.15, 0.2) is 46.9 Å². The largest absolute Gasteiger partial charge is 0.482 e. The van der Waals surface area contributed by atoms with Crippen LogP contribution in [0.1, 0.15) is 29.8 Å². The summed E-state index contributed by atoms with van der Waals surface area (Å²) in [4.78, 5) is 23.8. The number of esters is 2. The molecule has 0 spiro atoms. The highest BCUT2D eigenvalue weighted by Gasteiger charge is 2.11. The van der Waals surface area contributed by atoms with Crippen molar-refractivity contribution in [1.82, 2.24) is 0 Å².